The Balaban J connectivity index is 1.24. The molecule has 1 unspecified atom stereocenters. The second kappa shape index (κ2) is 10.0. The minimum atomic E-state index is -1.20. The van der Waals surface area contributed by atoms with Gasteiger partial charge in [0.25, 0.3) is 0 Å². The van der Waals surface area contributed by atoms with E-state index < -0.39 is 11.6 Å². The summed E-state index contributed by atoms with van der Waals surface area (Å²) in [5, 5.41) is 10.0. The van der Waals surface area contributed by atoms with Gasteiger partial charge in [-0.1, -0.05) is 23.7 Å². The molecule has 0 radical (unpaired) electrons. The van der Waals surface area contributed by atoms with Gasteiger partial charge in [0.1, 0.15) is 17.2 Å². The summed E-state index contributed by atoms with van der Waals surface area (Å²) in [7, 11) is 0. The summed E-state index contributed by atoms with van der Waals surface area (Å²) in [5.74, 6) is 1.45. The third kappa shape index (κ3) is 5.30. The standard InChI is InChI=1S/C25H29ClO6/c1-25(24(27)28)10-7-18-3-5-20(16-23(18)32-25)30-11-2-12-31-22-6-4-19(15-21(22)26)17-8-13-29-14-9-17/h3-6,15-17H,2,7-14H2,1H3,(H,27,28). The number of aliphatic carboxylic acids is 1. The number of hydrogen-bond donors (Lipinski definition) is 1. The number of aryl methyl sites for hydroxylation is 1. The van der Waals surface area contributed by atoms with E-state index in [-0.39, 0.29) is 0 Å². The number of halogens is 1. The van der Waals surface area contributed by atoms with Gasteiger partial charge in [-0.15, -0.1) is 0 Å². The highest BCUT2D eigenvalue weighted by Gasteiger charge is 2.39. The molecule has 4 rings (SSSR count). The van der Waals surface area contributed by atoms with Gasteiger partial charge in [-0.05, 0) is 61.4 Å². The van der Waals surface area contributed by atoms with Crippen LogP contribution in [-0.2, 0) is 16.0 Å². The van der Waals surface area contributed by atoms with Gasteiger partial charge in [-0.3, -0.25) is 0 Å². The monoisotopic (exact) mass is 460 g/mol. The van der Waals surface area contributed by atoms with E-state index in [9.17, 15) is 9.90 Å². The van der Waals surface area contributed by atoms with Crippen LogP contribution in [-0.4, -0.2) is 43.1 Å². The van der Waals surface area contributed by atoms with Gasteiger partial charge in [-0.25, -0.2) is 4.79 Å². The molecular formula is C25H29ClO6. The molecule has 6 nitrogen and oxygen atoms in total. The summed E-state index contributed by atoms with van der Waals surface area (Å²) >= 11 is 6.43. The summed E-state index contributed by atoms with van der Waals surface area (Å²) in [5.41, 5.74) is 1.04. The molecule has 32 heavy (non-hydrogen) atoms. The molecule has 0 aliphatic carbocycles. The lowest BCUT2D eigenvalue weighted by atomic mass is 9.92. The van der Waals surface area contributed by atoms with Gasteiger partial charge in [0.2, 0.25) is 5.60 Å². The Hall–Kier alpha value is -2.44. The number of carbonyl (C=O) groups is 1. The van der Waals surface area contributed by atoms with Crippen LogP contribution in [0.1, 0.15) is 49.7 Å². The maximum absolute atomic E-state index is 11.5. The molecule has 1 atom stereocenters. The first-order valence-corrected chi connectivity index (χ1v) is 11.5. The summed E-state index contributed by atoms with van der Waals surface area (Å²) in [6.45, 7) is 4.15. The number of rotatable bonds is 8. The Kier molecular flexibility index (Phi) is 7.11. The summed E-state index contributed by atoms with van der Waals surface area (Å²) < 4.78 is 22.8. The van der Waals surface area contributed by atoms with E-state index in [1.807, 2.05) is 24.3 Å². The Morgan fingerprint density at radius 2 is 1.94 bits per heavy atom. The van der Waals surface area contributed by atoms with Crippen molar-refractivity contribution in [1.82, 2.24) is 0 Å². The molecule has 1 N–H and O–H groups in total. The van der Waals surface area contributed by atoms with Crippen LogP contribution in [0, 0.1) is 0 Å². The molecule has 2 aromatic carbocycles. The van der Waals surface area contributed by atoms with E-state index in [0.29, 0.717) is 60.7 Å². The third-order valence-corrected chi connectivity index (χ3v) is 6.46. The van der Waals surface area contributed by atoms with Crippen LogP contribution < -0.4 is 14.2 Å². The van der Waals surface area contributed by atoms with Crippen molar-refractivity contribution in [2.45, 2.75) is 50.5 Å². The van der Waals surface area contributed by atoms with Crippen LogP contribution in [0.4, 0.5) is 0 Å². The number of benzene rings is 2. The second-order valence-corrected chi connectivity index (χ2v) is 8.94. The predicted octanol–water partition coefficient (Wildman–Crippen LogP) is 5.25. The van der Waals surface area contributed by atoms with Crippen molar-refractivity contribution in [1.29, 1.82) is 0 Å². The minimum absolute atomic E-state index is 0.450. The molecule has 172 valence electrons. The number of hydrogen-bond acceptors (Lipinski definition) is 5. The fourth-order valence-electron chi connectivity index (χ4n) is 4.09. The molecule has 0 spiro atoms. The summed E-state index contributed by atoms with van der Waals surface area (Å²) in [6, 6.07) is 11.6. The molecule has 2 aromatic rings. The molecule has 0 amide bonds. The van der Waals surface area contributed by atoms with Gasteiger partial charge in [0, 0.05) is 32.1 Å². The van der Waals surface area contributed by atoms with Gasteiger partial charge >= 0.3 is 5.97 Å². The second-order valence-electron chi connectivity index (χ2n) is 8.53. The van der Waals surface area contributed by atoms with Crippen molar-refractivity contribution >= 4 is 17.6 Å². The maximum atomic E-state index is 11.5. The number of carboxylic acids is 1. The molecule has 1 fully saturated rings. The lowest BCUT2D eigenvalue weighted by molar-refractivity contribution is -0.155. The normalized spacial score (nSPS) is 20.8. The van der Waals surface area contributed by atoms with Gasteiger partial charge in [0.15, 0.2) is 0 Å². The molecule has 0 aromatic heterocycles. The van der Waals surface area contributed by atoms with E-state index >= 15 is 0 Å². The van der Waals surface area contributed by atoms with E-state index in [1.54, 1.807) is 13.0 Å². The Morgan fingerprint density at radius 1 is 1.16 bits per heavy atom. The van der Waals surface area contributed by atoms with Crippen molar-refractivity contribution in [3.05, 3.63) is 52.5 Å². The average molecular weight is 461 g/mol. The van der Waals surface area contributed by atoms with E-state index in [4.69, 9.17) is 30.5 Å². The Bertz CT molecular complexity index is 955. The minimum Gasteiger partial charge on any atom is -0.493 e. The molecule has 0 bridgehead atoms. The first-order valence-electron chi connectivity index (χ1n) is 11.1. The van der Waals surface area contributed by atoms with Crippen LogP contribution >= 0.6 is 11.6 Å². The fraction of sp³-hybridized carbons (Fsp3) is 0.480. The molecule has 2 aliphatic rings. The average Bonchev–Trinajstić information content (AvgIpc) is 2.80. The van der Waals surface area contributed by atoms with Crippen LogP contribution in [0.15, 0.2) is 36.4 Å². The van der Waals surface area contributed by atoms with Crippen LogP contribution in [0.3, 0.4) is 0 Å². The van der Waals surface area contributed by atoms with Crippen molar-refractivity contribution in [2.24, 2.45) is 0 Å². The highest BCUT2D eigenvalue weighted by Crippen LogP contribution is 2.36. The lowest BCUT2D eigenvalue weighted by Crippen LogP contribution is -2.44. The van der Waals surface area contributed by atoms with Crippen molar-refractivity contribution in [3.63, 3.8) is 0 Å². The van der Waals surface area contributed by atoms with Crippen LogP contribution in [0.2, 0.25) is 5.02 Å². The predicted molar refractivity (Wildman–Crippen MR) is 121 cm³/mol. The zero-order chi connectivity index (χ0) is 22.6. The molecule has 1 saturated heterocycles. The smallest absolute Gasteiger partial charge is 0.347 e. The number of ether oxygens (including phenoxy) is 4. The molecule has 0 saturated carbocycles. The molecular weight excluding hydrogens is 432 g/mol. The zero-order valence-corrected chi connectivity index (χ0v) is 19.0. The van der Waals surface area contributed by atoms with Gasteiger partial charge in [-0.2, -0.15) is 0 Å². The van der Waals surface area contributed by atoms with Crippen molar-refractivity contribution in [3.8, 4) is 17.2 Å². The van der Waals surface area contributed by atoms with E-state index in [2.05, 4.69) is 6.07 Å². The fourth-order valence-corrected chi connectivity index (χ4v) is 4.34. The van der Waals surface area contributed by atoms with E-state index in [1.165, 1.54) is 5.56 Å². The van der Waals surface area contributed by atoms with Crippen molar-refractivity contribution < 1.29 is 28.8 Å². The van der Waals surface area contributed by atoms with Crippen LogP contribution in [0.25, 0.3) is 0 Å². The first-order chi connectivity index (χ1) is 15.4. The zero-order valence-electron chi connectivity index (χ0n) is 18.3. The third-order valence-electron chi connectivity index (χ3n) is 6.16. The van der Waals surface area contributed by atoms with Crippen LogP contribution in [0.5, 0.6) is 17.2 Å². The number of carboxylic acid groups (broad SMARTS) is 1. The molecule has 2 aliphatic heterocycles. The number of fused-ring (bicyclic) bond motifs is 1. The maximum Gasteiger partial charge on any atom is 0.347 e. The summed E-state index contributed by atoms with van der Waals surface area (Å²) in [4.78, 5) is 11.5. The lowest BCUT2D eigenvalue weighted by Gasteiger charge is -2.32. The molecule has 7 heteroatoms. The van der Waals surface area contributed by atoms with E-state index in [0.717, 1.165) is 31.6 Å². The van der Waals surface area contributed by atoms with Crippen molar-refractivity contribution in [2.75, 3.05) is 26.4 Å². The molecule has 2 heterocycles. The Morgan fingerprint density at radius 3 is 2.69 bits per heavy atom. The topological polar surface area (TPSA) is 74.2 Å². The SMILES string of the molecule is CC1(C(=O)O)CCc2ccc(OCCCOc3ccc(C4CCOCC4)cc3Cl)cc2O1. The first kappa shape index (κ1) is 22.7. The largest absolute Gasteiger partial charge is 0.493 e. The highest BCUT2D eigenvalue weighted by atomic mass is 35.5. The Labute approximate surface area is 193 Å². The quantitative estimate of drug-likeness (QED) is 0.542. The highest BCUT2D eigenvalue weighted by molar-refractivity contribution is 6.32. The summed E-state index contributed by atoms with van der Waals surface area (Å²) in [6.07, 6.45) is 3.85. The van der Waals surface area contributed by atoms with Gasteiger partial charge in [0.05, 0.1) is 18.2 Å². The van der Waals surface area contributed by atoms with Gasteiger partial charge < -0.3 is 24.1 Å².